The number of halogens is 1. The first-order valence-corrected chi connectivity index (χ1v) is 5.07. The first kappa shape index (κ1) is 9.36. The van der Waals surface area contributed by atoms with E-state index in [0.29, 0.717) is 0 Å². The van der Waals surface area contributed by atoms with E-state index < -0.39 is 0 Å². The Bertz CT molecular complexity index is 360. The van der Waals surface area contributed by atoms with Gasteiger partial charge in [-0.25, -0.2) is 0 Å². The summed E-state index contributed by atoms with van der Waals surface area (Å²) in [6.45, 7) is 0. The van der Waals surface area contributed by atoms with Crippen LogP contribution in [0.3, 0.4) is 0 Å². The average molecular weight is 207 g/mol. The van der Waals surface area contributed by atoms with Crippen molar-refractivity contribution in [2.75, 3.05) is 5.32 Å². The number of anilines is 1. The maximum Gasteiger partial charge on any atom is 0.125 e. The van der Waals surface area contributed by atoms with Gasteiger partial charge in [0.05, 0.1) is 6.07 Å². The number of benzene rings is 1. The zero-order valence-corrected chi connectivity index (χ0v) is 8.51. The predicted molar refractivity (Wildman–Crippen MR) is 57.3 cm³/mol. The van der Waals surface area contributed by atoms with E-state index in [-0.39, 0.29) is 5.54 Å². The van der Waals surface area contributed by atoms with Crippen molar-refractivity contribution in [1.29, 1.82) is 5.26 Å². The number of rotatable bonds is 2. The van der Waals surface area contributed by atoms with Gasteiger partial charge >= 0.3 is 0 Å². The largest absolute Gasteiger partial charge is 0.367 e. The smallest absolute Gasteiger partial charge is 0.125 e. The molecule has 0 radical (unpaired) electrons. The Labute approximate surface area is 88.5 Å². The predicted octanol–water partition coefficient (Wildman–Crippen LogP) is 3.20. The van der Waals surface area contributed by atoms with Crippen LogP contribution in [0.5, 0.6) is 0 Å². The molecule has 1 aliphatic rings. The van der Waals surface area contributed by atoms with Gasteiger partial charge in [-0.2, -0.15) is 5.26 Å². The van der Waals surface area contributed by atoms with Gasteiger partial charge in [-0.3, -0.25) is 0 Å². The fourth-order valence-electron chi connectivity index (χ4n) is 1.60. The van der Waals surface area contributed by atoms with Gasteiger partial charge in [-0.1, -0.05) is 11.6 Å². The minimum atomic E-state index is -0.326. The third-order valence-corrected chi connectivity index (χ3v) is 2.90. The summed E-state index contributed by atoms with van der Waals surface area (Å²) in [6, 6.07) is 9.79. The van der Waals surface area contributed by atoms with Gasteiger partial charge in [0.15, 0.2) is 0 Å². The third-order valence-electron chi connectivity index (χ3n) is 2.65. The lowest BCUT2D eigenvalue weighted by molar-refractivity contribution is 0.356. The summed E-state index contributed by atoms with van der Waals surface area (Å²) in [4.78, 5) is 0. The highest BCUT2D eigenvalue weighted by Gasteiger charge is 2.36. The lowest BCUT2D eigenvalue weighted by Gasteiger charge is -2.36. The highest BCUT2D eigenvalue weighted by molar-refractivity contribution is 6.30. The minimum Gasteiger partial charge on any atom is -0.367 e. The van der Waals surface area contributed by atoms with Crippen molar-refractivity contribution in [2.45, 2.75) is 24.8 Å². The molecule has 0 aliphatic heterocycles. The van der Waals surface area contributed by atoms with Crippen LogP contribution in [0.1, 0.15) is 19.3 Å². The van der Waals surface area contributed by atoms with Gasteiger partial charge in [-0.15, -0.1) is 0 Å². The molecule has 72 valence electrons. The molecular formula is C11H11ClN2. The second-order valence-electron chi connectivity index (χ2n) is 3.68. The lowest BCUT2D eigenvalue weighted by atomic mass is 9.78. The summed E-state index contributed by atoms with van der Waals surface area (Å²) in [5.74, 6) is 0. The lowest BCUT2D eigenvalue weighted by Crippen LogP contribution is -2.43. The van der Waals surface area contributed by atoms with Crippen LogP contribution in [0.2, 0.25) is 5.02 Å². The molecule has 1 aliphatic carbocycles. The first-order chi connectivity index (χ1) is 6.74. The molecule has 1 aromatic carbocycles. The van der Waals surface area contributed by atoms with Gasteiger partial charge in [0.25, 0.3) is 0 Å². The molecule has 0 aromatic heterocycles. The summed E-state index contributed by atoms with van der Waals surface area (Å²) < 4.78 is 0. The maximum atomic E-state index is 9.01. The number of hydrogen-bond acceptors (Lipinski definition) is 2. The van der Waals surface area contributed by atoms with Gasteiger partial charge in [-0.05, 0) is 43.5 Å². The summed E-state index contributed by atoms with van der Waals surface area (Å²) in [6.07, 6.45) is 3.01. The summed E-state index contributed by atoms with van der Waals surface area (Å²) in [5, 5.41) is 13.0. The van der Waals surface area contributed by atoms with E-state index in [9.17, 15) is 0 Å². The highest BCUT2D eigenvalue weighted by Crippen LogP contribution is 2.34. The molecule has 1 aromatic rings. The van der Waals surface area contributed by atoms with Crippen LogP contribution in [-0.2, 0) is 0 Å². The first-order valence-electron chi connectivity index (χ1n) is 4.69. The fraction of sp³-hybridized carbons (Fsp3) is 0.364. The number of nitrogens with zero attached hydrogens (tertiary/aromatic N) is 1. The standard InChI is InChI=1S/C11H11ClN2/c12-9-2-4-10(5-3-9)14-11(8-13)6-1-7-11/h2-5,14H,1,6-7H2. The average Bonchev–Trinajstić information content (AvgIpc) is 2.15. The van der Waals surface area contributed by atoms with E-state index in [0.717, 1.165) is 30.0 Å². The summed E-state index contributed by atoms with van der Waals surface area (Å²) in [7, 11) is 0. The van der Waals surface area contributed by atoms with Crippen LogP contribution in [0.15, 0.2) is 24.3 Å². The van der Waals surface area contributed by atoms with Gasteiger partial charge in [0, 0.05) is 10.7 Å². The monoisotopic (exact) mass is 206 g/mol. The second kappa shape index (κ2) is 3.51. The van der Waals surface area contributed by atoms with Gasteiger partial charge in [0.1, 0.15) is 5.54 Å². The van der Waals surface area contributed by atoms with Gasteiger partial charge in [0.2, 0.25) is 0 Å². The van der Waals surface area contributed by atoms with Crippen molar-refractivity contribution in [2.24, 2.45) is 0 Å². The van der Waals surface area contributed by atoms with Crippen LogP contribution in [0, 0.1) is 11.3 Å². The van der Waals surface area contributed by atoms with E-state index in [1.54, 1.807) is 0 Å². The van der Waals surface area contributed by atoms with E-state index in [1.807, 2.05) is 24.3 Å². The minimum absolute atomic E-state index is 0.326. The SMILES string of the molecule is N#CC1(Nc2ccc(Cl)cc2)CCC1. The highest BCUT2D eigenvalue weighted by atomic mass is 35.5. The van der Waals surface area contributed by atoms with Crippen molar-refractivity contribution in [3.63, 3.8) is 0 Å². The maximum absolute atomic E-state index is 9.01. The summed E-state index contributed by atoms with van der Waals surface area (Å²) >= 11 is 5.77. The Kier molecular flexibility index (Phi) is 2.35. The van der Waals surface area contributed by atoms with E-state index in [1.165, 1.54) is 0 Å². The number of nitriles is 1. The molecule has 0 bridgehead atoms. The van der Waals surface area contributed by atoms with Crippen molar-refractivity contribution in [3.8, 4) is 6.07 Å². The Morgan fingerprint density at radius 3 is 2.36 bits per heavy atom. The Hall–Kier alpha value is -1.20. The Morgan fingerprint density at radius 1 is 1.29 bits per heavy atom. The number of nitrogens with one attached hydrogen (secondary N) is 1. The fourth-order valence-corrected chi connectivity index (χ4v) is 1.73. The topological polar surface area (TPSA) is 35.8 Å². The molecule has 0 heterocycles. The van der Waals surface area contributed by atoms with Crippen molar-refractivity contribution < 1.29 is 0 Å². The normalized spacial score (nSPS) is 18.0. The molecule has 0 atom stereocenters. The molecule has 3 heteroatoms. The Balaban J connectivity index is 2.11. The third kappa shape index (κ3) is 1.69. The molecule has 1 saturated carbocycles. The number of hydrogen-bond donors (Lipinski definition) is 1. The quantitative estimate of drug-likeness (QED) is 0.807. The molecule has 14 heavy (non-hydrogen) atoms. The van der Waals surface area contributed by atoms with Crippen molar-refractivity contribution in [1.82, 2.24) is 0 Å². The van der Waals surface area contributed by atoms with E-state index >= 15 is 0 Å². The molecule has 1 N–H and O–H groups in total. The molecule has 0 amide bonds. The molecule has 0 saturated heterocycles. The zero-order chi connectivity index (χ0) is 10.0. The van der Waals surface area contributed by atoms with Crippen LogP contribution in [0.25, 0.3) is 0 Å². The molecule has 1 fully saturated rings. The Morgan fingerprint density at radius 2 is 1.93 bits per heavy atom. The van der Waals surface area contributed by atoms with Crippen molar-refractivity contribution >= 4 is 17.3 Å². The van der Waals surface area contributed by atoms with Crippen LogP contribution in [0.4, 0.5) is 5.69 Å². The molecule has 2 rings (SSSR count). The molecule has 0 spiro atoms. The van der Waals surface area contributed by atoms with Crippen LogP contribution in [-0.4, -0.2) is 5.54 Å². The van der Waals surface area contributed by atoms with Crippen LogP contribution >= 0.6 is 11.6 Å². The van der Waals surface area contributed by atoms with E-state index in [4.69, 9.17) is 16.9 Å². The zero-order valence-electron chi connectivity index (χ0n) is 7.76. The van der Waals surface area contributed by atoms with E-state index in [2.05, 4.69) is 11.4 Å². The van der Waals surface area contributed by atoms with Gasteiger partial charge < -0.3 is 5.32 Å². The molecule has 0 unspecified atom stereocenters. The molecule has 2 nitrogen and oxygen atoms in total. The van der Waals surface area contributed by atoms with Crippen molar-refractivity contribution in [3.05, 3.63) is 29.3 Å². The molecular weight excluding hydrogens is 196 g/mol. The second-order valence-corrected chi connectivity index (χ2v) is 4.12. The summed E-state index contributed by atoms with van der Waals surface area (Å²) in [5.41, 5.74) is 0.643. The van der Waals surface area contributed by atoms with Crippen LogP contribution < -0.4 is 5.32 Å².